The zero-order chi connectivity index (χ0) is 21.0. The van der Waals surface area contributed by atoms with Gasteiger partial charge in [0.2, 0.25) is 5.91 Å². The molecule has 1 N–H and O–H groups in total. The number of nitrogens with one attached hydrogen (secondary N) is 1. The minimum absolute atomic E-state index is 0.0568. The molecule has 2 aliphatic rings. The molecule has 0 spiro atoms. The molecule has 5 rings (SSSR count). The number of ether oxygens (including phenoxy) is 2. The summed E-state index contributed by atoms with van der Waals surface area (Å²) in [7, 11) is 0. The van der Waals surface area contributed by atoms with Crippen molar-refractivity contribution in [3.8, 4) is 11.5 Å². The van der Waals surface area contributed by atoms with Gasteiger partial charge in [0.25, 0.3) is 0 Å². The minimum Gasteiger partial charge on any atom is -0.486 e. The number of rotatable bonds is 6. The van der Waals surface area contributed by atoms with Crippen LogP contribution in [0.1, 0.15) is 31.4 Å². The number of carbonyl (C=O) groups is 1. The molecule has 6 heteroatoms. The van der Waals surface area contributed by atoms with Gasteiger partial charge in [-0.2, -0.15) is 0 Å². The summed E-state index contributed by atoms with van der Waals surface area (Å²) < 4.78 is 17.1. The maximum absolute atomic E-state index is 12.4. The molecular formula is C25H28N2O4. The second kappa shape index (κ2) is 9.02. The van der Waals surface area contributed by atoms with Crippen LogP contribution in [0.4, 0.5) is 5.69 Å². The summed E-state index contributed by atoms with van der Waals surface area (Å²) in [4.78, 5) is 14.9. The molecule has 3 aromatic rings. The number of anilines is 1. The summed E-state index contributed by atoms with van der Waals surface area (Å²) in [6, 6.07) is 15.8. The molecule has 2 aliphatic heterocycles. The van der Waals surface area contributed by atoms with E-state index in [2.05, 4.69) is 22.3 Å². The van der Waals surface area contributed by atoms with Crippen molar-refractivity contribution in [3.63, 3.8) is 0 Å². The maximum Gasteiger partial charge on any atom is 0.224 e. The predicted octanol–water partition coefficient (Wildman–Crippen LogP) is 4.83. The molecule has 1 fully saturated rings. The van der Waals surface area contributed by atoms with E-state index in [1.54, 1.807) is 0 Å². The lowest BCUT2D eigenvalue weighted by atomic mass is 9.92. The third kappa shape index (κ3) is 4.85. The highest BCUT2D eigenvalue weighted by Crippen LogP contribution is 2.33. The van der Waals surface area contributed by atoms with Gasteiger partial charge in [-0.3, -0.25) is 9.69 Å². The predicted molar refractivity (Wildman–Crippen MR) is 120 cm³/mol. The highest BCUT2D eigenvalue weighted by atomic mass is 16.6. The zero-order valence-electron chi connectivity index (χ0n) is 17.6. The summed E-state index contributed by atoms with van der Waals surface area (Å²) in [5, 5.41) is 4.15. The Morgan fingerprint density at radius 3 is 2.65 bits per heavy atom. The lowest BCUT2D eigenvalue weighted by molar-refractivity contribution is -0.116. The van der Waals surface area contributed by atoms with Crippen molar-refractivity contribution < 1.29 is 18.7 Å². The van der Waals surface area contributed by atoms with Crippen molar-refractivity contribution in [3.05, 3.63) is 54.3 Å². The van der Waals surface area contributed by atoms with Gasteiger partial charge >= 0.3 is 0 Å². The molecule has 3 heterocycles. The van der Waals surface area contributed by atoms with Crippen LogP contribution in [0, 0.1) is 5.92 Å². The first-order chi connectivity index (χ1) is 15.2. The van der Waals surface area contributed by atoms with Gasteiger partial charge in [0.1, 0.15) is 24.6 Å². The Balaban J connectivity index is 1.06. The van der Waals surface area contributed by atoms with Gasteiger partial charge in [0.05, 0.1) is 6.54 Å². The SMILES string of the molecule is O=C(CCC1CCN(Cc2cc3ccccc3o2)CC1)Nc1ccc2c(c1)OCCO2. The highest BCUT2D eigenvalue weighted by Gasteiger charge is 2.21. The van der Waals surface area contributed by atoms with E-state index in [0.29, 0.717) is 31.3 Å². The average Bonchev–Trinajstić information content (AvgIpc) is 3.21. The van der Waals surface area contributed by atoms with Gasteiger partial charge in [0, 0.05) is 23.6 Å². The van der Waals surface area contributed by atoms with Gasteiger partial charge in [0.15, 0.2) is 11.5 Å². The lowest BCUT2D eigenvalue weighted by Crippen LogP contribution is -2.33. The molecule has 31 heavy (non-hydrogen) atoms. The number of carbonyl (C=O) groups excluding carboxylic acids is 1. The summed E-state index contributed by atoms with van der Waals surface area (Å²) in [5.41, 5.74) is 1.71. The van der Waals surface area contributed by atoms with E-state index in [-0.39, 0.29) is 5.91 Å². The largest absolute Gasteiger partial charge is 0.486 e. The molecule has 0 atom stereocenters. The van der Waals surface area contributed by atoms with Crippen LogP contribution in [0.25, 0.3) is 11.0 Å². The minimum atomic E-state index is 0.0568. The first kappa shape index (κ1) is 19.9. The van der Waals surface area contributed by atoms with Gasteiger partial charge in [-0.15, -0.1) is 0 Å². The topological polar surface area (TPSA) is 63.9 Å². The molecule has 1 aromatic heterocycles. The molecule has 0 unspecified atom stereocenters. The van der Waals surface area contributed by atoms with Crippen molar-refractivity contribution in [2.24, 2.45) is 5.92 Å². The van der Waals surface area contributed by atoms with E-state index in [1.165, 1.54) is 0 Å². The number of fused-ring (bicyclic) bond motifs is 2. The first-order valence-electron chi connectivity index (χ1n) is 11.1. The Bertz CT molecular complexity index is 1020. The summed E-state index contributed by atoms with van der Waals surface area (Å²) in [5.74, 6) is 3.11. The Hall–Kier alpha value is -2.99. The number of para-hydroxylation sites is 1. The first-order valence-corrected chi connectivity index (χ1v) is 11.1. The number of hydrogen-bond acceptors (Lipinski definition) is 5. The average molecular weight is 421 g/mol. The molecule has 0 saturated carbocycles. The fourth-order valence-electron chi connectivity index (χ4n) is 4.45. The van der Waals surface area contributed by atoms with E-state index < -0.39 is 0 Å². The standard InChI is InChI=1S/C25H28N2O4/c28-25(26-20-6-7-23-24(16-20)30-14-13-29-23)8-5-18-9-11-27(12-10-18)17-21-15-19-3-1-2-4-22(19)31-21/h1-4,6-7,15-16,18H,5,8-14,17H2,(H,26,28). The third-order valence-corrected chi connectivity index (χ3v) is 6.17. The van der Waals surface area contributed by atoms with Crippen LogP contribution in [-0.4, -0.2) is 37.1 Å². The molecule has 0 aliphatic carbocycles. The van der Waals surface area contributed by atoms with Crippen LogP contribution in [0.2, 0.25) is 0 Å². The Kier molecular flexibility index (Phi) is 5.80. The molecule has 6 nitrogen and oxygen atoms in total. The highest BCUT2D eigenvalue weighted by molar-refractivity contribution is 5.91. The number of hydrogen-bond donors (Lipinski definition) is 1. The van der Waals surface area contributed by atoms with Gasteiger partial charge < -0.3 is 19.2 Å². The van der Waals surface area contributed by atoms with Crippen molar-refractivity contribution in [1.29, 1.82) is 0 Å². The van der Waals surface area contributed by atoms with Gasteiger partial charge in [-0.05, 0) is 62.5 Å². The van der Waals surface area contributed by atoms with Crippen LogP contribution < -0.4 is 14.8 Å². The molecule has 0 radical (unpaired) electrons. The molecule has 2 aromatic carbocycles. The smallest absolute Gasteiger partial charge is 0.224 e. The summed E-state index contributed by atoms with van der Waals surface area (Å²) in [6.45, 7) is 4.05. The van der Waals surface area contributed by atoms with Crippen LogP contribution in [0.3, 0.4) is 0 Å². The molecular weight excluding hydrogens is 392 g/mol. The van der Waals surface area contributed by atoms with Crippen LogP contribution in [0.5, 0.6) is 11.5 Å². The Morgan fingerprint density at radius 2 is 1.81 bits per heavy atom. The van der Waals surface area contributed by atoms with E-state index in [0.717, 1.165) is 67.1 Å². The van der Waals surface area contributed by atoms with E-state index >= 15 is 0 Å². The fraction of sp³-hybridized carbons (Fsp3) is 0.400. The fourth-order valence-corrected chi connectivity index (χ4v) is 4.45. The molecule has 0 bridgehead atoms. The monoisotopic (exact) mass is 420 g/mol. The van der Waals surface area contributed by atoms with Crippen molar-refractivity contribution in [2.45, 2.75) is 32.2 Å². The van der Waals surface area contributed by atoms with Crippen molar-refractivity contribution >= 4 is 22.6 Å². The molecule has 1 saturated heterocycles. The quantitative estimate of drug-likeness (QED) is 0.619. The van der Waals surface area contributed by atoms with Crippen LogP contribution in [-0.2, 0) is 11.3 Å². The van der Waals surface area contributed by atoms with Crippen molar-refractivity contribution in [1.82, 2.24) is 4.90 Å². The van der Waals surface area contributed by atoms with Crippen LogP contribution in [0.15, 0.2) is 52.9 Å². The number of furan rings is 1. The van der Waals surface area contributed by atoms with Gasteiger partial charge in [-0.1, -0.05) is 18.2 Å². The second-order valence-corrected chi connectivity index (χ2v) is 8.42. The van der Waals surface area contributed by atoms with Crippen LogP contribution >= 0.6 is 0 Å². The maximum atomic E-state index is 12.4. The Labute approximate surface area is 182 Å². The molecule has 162 valence electrons. The van der Waals surface area contributed by atoms with Gasteiger partial charge in [-0.25, -0.2) is 0 Å². The number of benzene rings is 2. The third-order valence-electron chi connectivity index (χ3n) is 6.17. The zero-order valence-corrected chi connectivity index (χ0v) is 17.6. The number of nitrogens with zero attached hydrogens (tertiary/aromatic N) is 1. The van der Waals surface area contributed by atoms with E-state index in [9.17, 15) is 4.79 Å². The summed E-state index contributed by atoms with van der Waals surface area (Å²) in [6.07, 6.45) is 3.71. The molecule has 1 amide bonds. The normalized spacial score (nSPS) is 17.0. The second-order valence-electron chi connectivity index (χ2n) is 8.42. The summed E-state index contributed by atoms with van der Waals surface area (Å²) >= 11 is 0. The Morgan fingerprint density at radius 1 is 1.00 bits per heavy atom. The number of piperidine rings is 1. The lowest BCUT2D eigenvalue weighted by Gasteiger charge is -2.31. The van der Waals surface area contributed by atoms with E-state index in [4.69, 9.17) is 13.9 Å². The van der Waals surface area contributed by atoms with E-state index in [1.807, 2.05) is 36.4 Å². The number of amides is 1. The van der Waals surface area contributed by atoms with Crippen molar-refractivity contribution in [2.75, 3.05) is 31.6 Å². The number of likely N-dealkylation sites (tertiary alicyclic amines) is 1.